The zero-order valence-corrected chi connectivity index (χ0v) is 9.83. The summed E-state index contributed by atoms with van der Waals surface area (Å²) in [5, 5.41) is 7.65. The van der Waals surface area contributed by atoms with Crippen LogP contribution < -0.4 is 0 Å². The van der Waals surface area contributed by atoms with Gasteiger partial charge in [-0.2, -0.15) is 4.40 Å². The average Bonchev–Trinajstić information content (AvgIpc) is 1.97. The van der Waals surface area contributed by atoms with E-state index in [2.05, 4.69) is 20.3 Å². The van der Waals surface area contributed by atoms with Gasteiger partial charge in [0.25, 0.3) is 0 Å². The highest BCUT2D eigenvalue weighted by atomic mass is 79.9. The molecule has 0 aliphatic heterocycles. The Bertz CT molecular complexity index is 220. The maximum atomic E-state index is 11.3. The summed E-state index contributed by atoms with van der Waals surface area (Å²) in [5.41, 5.74) is 0.326. The Morgan fingerprint density at radius 3 is 2.50 bits per heavy atom. The Morgan fingerprint density at radius 1 is 1.67 bits per heavy atom. The van der Waals surface area contributed by atoms with Gasteiger partial charge in [0.2, 0.25) is 0 Å². The summed E-state index contributed by atoms with van der Waals surface area (Å²) in [6.45, 7) is 5.54. The molecule has 1 atom stereocenters. The second-order valence-corrected chi connectivity index (χ2v) is 5.75. The third-order valence-electron chi connectivity index (χ3n) is 0.972. The fraction of sp³-hybridized carbons (Fsp3) is 0.714. The maximum Gasteiger partial charge on any atom is 0.144 e. The lowest BCUT2D eigenvalue weighted by atomic mass is 10.3. The van der Waals surface area contributed by atoms with Gasteiger partial charge in [-0.1, -0.05) is 15.9 Å². The van der Waals surface area contributed by atoms with Crippen molar-refractivity contribution in [2.45, 2.75) is 25.5 Å². The van der Waals surface area contributed by atoms with Crippen molar-refractivity contribution in [2.24, 2.45) is 4.40 Å². The first-order valence-corrected chi connectivity index (χ1v) is 5.70. The van der Waals surface area contributed by atoms with Gasteiger partial charge in [0.15, 0.2) is 0 Å². The molecule has 1 N–H and O–H groups in total. The average molecular weight is 253 g/mol. The molecule has 0 aromatic carbocycles. The summed E-state index contributed by atoms with van der Waals surface area (Å²) >= 11 is 3.10. The van der Waals surface area contributed by atoms with Crippen molar-refractivity contribution >= 4 is 38.8 Å². The summed E-state index contributed by atoms with van der Waals surface area (Å²) in [7, 11) is -1.25. The summed E-state index contributed by atoms with van der Waals surface area (Å²) in [6.07, 6.45) is 1.33. The lowest BCUT2D eigenvalue weighted by Gasteiger charge is -2.12. The number of hydrogen-bond acceptors (Lipinski definition) is 2. The molecule has 3 nitrogen and oxygen atoms in total. The molecule has 0 bridgehead atoms. The van der Waals surface area contributed by atoms with E-state index in [9.17, 15) is 4.21 Å². The molecule has 0 radical (unpaired) electrons. The molecular formula is C7H13BrN2OS. The van der Waals surface area contributed by atoms with Crippen LogP contribution in [0.1, 0.15) is 20.8 Å². The van der Waals surface area contributed by atoms with Crippen LogP contribution in [0.25, 0.3) is 0 Å². The molecule has 70 valence electrons. The molecule has 0 spiro atoms. The second kappa shape index (κ2) is 4.87. The number of hydrogen-bond donors (Lipinski definition) is 1. The Balaban J connectivity index is 4.19. The van der Waals surface area contributed by atoms with Gasteiger partial charge in [0.1, 0.15) is 11.0 Å². The van der Waals surface area contributed by atoms with Crippen LogP contribution in [-0.4, -0.2) is 26.2 Å². The Labute approximate surface area is 83.9 Å². The lowest BCUT2D eigenvalue weighted by Crippen LogP contribution is -2.20. The van der Waals surface area contributed by atoms with Crippen LogP contribution in [-0.2, 0) is 11.0 Å². The fourth-order valence-corrected chi connectivity index (χ4v) is 0.988. The van der Waals surface area contributed by atoms with Gasteiger partial charge in [-0.3, -0.25) is 0 Å². The monoisotopic (exact) mass is 252 g/mol. The first-order valence-electron chi connectivity index (χ1n) is 3.47. The third-order valence-corrected chi connectivity index (χ3v) is 2.92. The molecule has 0 fully saturated rings. The lowest BCUT2D eigenvalue weighted by molar-refractivity contribution is 0.651. The van der Waals surface area contributed by atoms with E-state index < -0.39 is 11.0 Å². The minimum Gasteiger partial charge on any atom is -0.303 e. The van der Waals surface area contributed by atoms with Gasteiger partial charge in [0.05, 0.1) is 16.7 Å². The molecule has 0 saturated carbocycles. The first-order chi connectivity index (χ1) is 5.38. The van der Waals surface area contributed by atoms with Crippen LogP contribution in [0.5, 0.6) is 0 Å². The fourth-order valence-electron chi connectivity index (χ4n) is 0.304. The van der Waals surface area contributed by atoms with Crippen LogP contribution in [0.15, 0.2) is 4.40 Å². The van der Waals surface area contributed by atoms with Crippen molar-refractivity contribution in [2.75, 3.05) is 5.33 Å². The summed E-state index contributed by atoms with van der Waals surface area (Å²) < 4.78 is 14.7. The number of nitrogens with zero attached hydrogens (tertiary/aromatic N) is 1. The van der Waals surface area contributed by atoms with Crippen molar-refractivity contribution in [3.8, 4) is 0 Å². The predicted molar refractivity (Wildman–Crippen MR) is 57.9 cm³/mol. The quantitative estimate of drug-likeness (QED) is 0.606. The third kappa shape index (κ3) is 4.77. The van der Waals surface area contributed by atoms with Gasteiger partial charge in [-0.05, 0) is 20.8 Å². The van der Waals surface area contributed by atoms with Crippen LogP contribution in [0.4, 0.5) is 0 Å². The van der Waals surface area contributed by atoms with E-state index in [1.165, 1.54) is 6.21 Å². The SMILES string of the molecule is CC(C)(C)[S@](=O)/N=C\C(=N)CBr. The molecule has 0 saturated heterocycles. The zero-order chi connectivity index (χ0) is 9.78. The largest absolute Gasteiger partial charge is 0.303 e. The first kappa shape index (κ1) is 12.0. The number of nitrogens with one attached hydrogen (secondary N) is 1. The molecule has 0 aromatic rings. The predicted octanol–water partition coefficient (Wildman–Crippen LogP) is 1.93. The molecule has 0 amide bonds. The summed E-state index contributed by atoms with van der Waals surface area (Å²) in [6, 6.07) is 0. The second-order valence-electron chi connectivity index (χ2n) is 3.25. The van der Waals surface area contributed by atoms with Crippen molar-refractivity contribution < 1.29 is 4.21 Å². The number of halogens is 1. The van der Waals surface area contributed by atoms with E-state index in [0.717, 1.165) is 0 Å². The van der Waals surface area contributed by atoms with E-state index in [1.54, 1.807) is 0 Å². The molecule has 0 aromatic heterocycles. The molecule has 0 heterocycles. The van der Waals surface area contributed by atoms with E-state index >= 15 is 0 Å². The minimum atomic E-state index is -1.25. The Hall–Kier alpha value is -0.0300. The van der Waals surface area contributed by atoms with E-state index in [1.807, 2.05) is 20.8 Å². The van der Waals surface area contributed by atoms with Gasteiger partial charge >= 0.3 is 0 Å². The normalized spacial score (nSPS) is 15.0. The number of rotatable bonds is 3. The Kier molecular flexibility index (Phi) is 4.85. The van der Waals surface area contributed by atoms with Gasteiger partial charge in [0, 0.05) is 5.33 Å². The van der Waals surface area contributed by atoms with Crippen molar-refractivity contribution in [1.29, 1.82) is 5.41 Å². The standard InChI is InChI=1S/C7H13BrN2OS/c1-7(2,3)12(11)10-5-6(9)4-8/h5,9H,4H2,1-3H3/b9-6?,10-5-/t12-/m0/s1. The van der Waals surface area contributed by atoms with Crippen LogP contribution in [0, 0.1) is 5.41 Å². The van der Waals surface area contributed by atoms with E-state index in [-0.39, 0.29) is 4.75 Å². The van der Waals surface area contributed by atoms with Gasteiger partial charge < -0.3 is 5.41 Å². The van der Waals surface area contributed by atoms with E-state index in [4.69, 9.17) is 5.41 Å². The summed E-state index contributed by atoms with van der Waals surface area (Å²) in [4.78, 5) is 0. The molecule has 0 aliphatic rings. The van der Waals surface area contributed by atoms with Crippen LogP contribution >= 0.6 is 15.9 Å². The molecule has 0 aliphatic carbocycles. The highest BCUT2D eigenvalue weighted by Crippen LogP contribution is 2.11. The maximum absolute atomic E-state index is 11.3. The molecular weight excluding hydrogens is 240 g/mol. The summed E-state index contributed by atoms with van der Waals surface area (Å²) in [5.74, 6) is 0. The van der Waals surface area contributed by atoms with Crippen LogP contribution in [0.3, 0.4) is 0 Å². The minimum absolute atomic E-state index is 0.326. The van der Waals surface area contributed by atoms with Crippen molar-refractivity contribution in [1.82, 2.24) is 0 Å². The molecule has 0 rings (SSSR count). The van der Waals surface area contributed by atoms with Crippen LogP contribution in [0.2, 0.25) is 0 Å². The van der Waals surface area contributed by atoms with Gasteiger partial charge in [-0.25, -0.2) is 4.21 Å². The topological polar surface area (TPSA) is 53.3 Å². The highest BCUT2D eigenvalue weighted by Gasteiger charge is 2.18. The molecule has 0 unspecified atom stereocenters. The van der Waals surface area contributed by atoms with Crippen molar-refractivity contribution in [3.63, 3.8) is 0 Å². The smallest absolute Gasteiger partial charge is 0.144 e. The Morgan fingerprint density at radius 2 is 2.17 bits per heavy atom. The highest BCUT2D eigenvalue weighted by molar-refractivity contribution is 9.09. The van der Waals surface area contributed by atoms with Crippen molar-refractivity contribution in [3.05, 3.63) is 0 Å². The molecule has 5 heteroatoms. The zero-order valence-electron chi connectivity index (χ0n) is 7.43. The van der Waals surface area contributed by atoms with Gasteiger partial charge in [-0.15, -0.1) is 0 Å². The molecule has 12 heavy (non-hydrogen) atoms. The number of alkyl halides is 1. The van der Waals surface area contributed by atoms with E-state index in [0.29, 0.717) is 11.0 Å².